The fourth-order valence-corrected chi connectivity index (χ4v) is 3.71. The van der Waals surface area contributed by atoms with Crippen molar-refractivity contribution in [2.75, 3.05) is 11.8 Å². The van der Waals surface area contributed by atoms with Crippen molar-refractivity contribution in [2.45, 2.75) is 11.3 Å². The van der Waals surface area contributed by atoms with E-state index in [0.717, 1.165) is 10.9 Å². The molecule has 25 heavy (non-hydrogen) atoms. The van der Waals surface area contributed by atoms with E-state index < -0.39 is 10.0 Å². The number of anilines is 1. The summed E-state index contributed by atoms with van der Waals surface area (Å²) in [6, 6.07) is 15.3. The van der Waals surface area contributed by atoms with E-state index in [9.17, 15) is 13.2 Å². The Kier molecular flexibility index (Phi) is 4.67. The number of benzene rings is 2. The first kappa shape index (κ1) is 16.9. The standard InChI is InChI=1S/C18H17N3O3S/c1-19-17(22)12-13-7-9-15(10-8-13)21-25(23,24)16-6-2-4-14-5-3-11-20-18(14)16/h2-11,21H,12H2,1H3,(H,19,22). The van der Waals surface area contributed by atoms with Gasteiger partial charge in [-0.15, -0.1) is 0 Å². The first-order chi connectivity index (χ1) is 12.0. The maximum absolute atomic E-state index is 12.7. The van der Waals surface area contributed by atoms with Crippen LogP contribution in [-0.4, -0.2) is 26.4 Å². The van der Waals surface area contributed by atoms with Gasteiger partial charge in [0.05, 0.1) is 11.9 Å². The summed E-state index contributed by atoms with van der Waals surface area (Å²) in [6.07, 6.45) is 1.81. The molecule has 1 amide bonds. The van der Waals surface area contributed by atoms with Crippen molar-refractivity contribution in [2.24, 2.45) is 0 Å². The summed E-state index contributed by atoms with van der Waals surface area (Å²) in [7, 11) is -2.20. The van der Waals surface area contributed by atoms with E-state index in [1.54, 1.807) is 49.6 Å². The third kappa shape index (κ3) is 3.77. The van der Waals surface area contributed by atoms with Gasteiger partial charge in [-0.2, -0.15) is 0 Å². The molecule has 0 saturated carbocycles. The average molecular weight is 355 g/mol. The van der Waals surface area contributed by atoms with E-state index in [4.69, 9.17) is 0 Å². The van der Waals surface area contributed by atoms with Gasteiger partial charge in [0, 0.05) is 24.3 Å². The molecule has 0 spiro atoms. The molecule has 2 N–H and O–H groups in total. The predicted octanol–water partition coefficient (Wildman–Crippen LogP) is 2.32. The van der Waals surface area contributed by atoms with Crippen molar-refractivity contribution in [1.29, 1.82) is 0 Å². The molecule has 1 heterocycles. The molecule has 0 atom stereocenters. The average Bonchev–Trinajstić information content (AvgIpc) is 2.62. The van der Waals surface area contributed by atoms with Gasteiger partial charge < -0.3 is 5.32 Å². The zero-order valence-electron chi connectivity index (χ0n) is 13.6. The van der Waals surface area contributed by atoms with Crippen LogP contribution in [0.25, 0.3) is 10.9 Å². The Bertz CT molecular complexity index is 1010. The van der Waals surface area contributed by atoms with Crippen LogP contribution in [-0.2, 0) is 21.2 Å². The number of sulfonamides is 1. The van der Waals surface area contributed by atoms with Gasteiger partial charge in [-0.3, -0.25) is 14.5 Å². The third-order valence-electron chi connectivity index (χ3n) is 3.73. The van der Waals surface area contributed by atoms with Crippen LogP contribution in [0.4, 0.5) is 5.69 Å². The van der Waals surface area contributed by atoms with Gasteiger partial charge >= 0.3 is 0 Å². The molecule has 7 heteroatoms. The second kappa shape index (κ2) is 6.90. The van der Waals surface area contributed by atoms with Crippen LogP contribution in [0.15, 0.2) is 65.7 Å². The molecule has 3 aromatic rings. The normalized spacial score (nSPS) is 11.2. The second-order valence-electron chi connectivity index (χ2n) is 5.48. The van der Waals surface area contributed by atoms with E-state index >= 15 is 0 Å². The molecule has 0 radical (unpaired) electrons. The number of nitrogens with zero attached hydrogens (tertiary/aromatic N) is 1. The fraction of sp³-hybridized carbons (Fsp3) is 0.111. The zero-order valence-corrected chi connectivity index (χ0v) is 14.4. The lowest BCUT2D eigenvalue weighted by molar-refractivity contribution is -0.119. The number of carbonyl (C=O) groups is 1. The number of pyridine rings is 1. The lowest BCUT2D eigenvalue weighted by Crippen LogP contribution is -2.19. The summed E-state index contributed by atoms with van der Waals surface area (Å²) in [6.45, 7) is 0. The first-order valence-corrected chi connectivity index (χ1v) is 9.14. The van der Waals surface area contributed by atoms with Crippen molar-refractivity contribution in [3.05, 3.63) is 66.4 Å². The Morgan fingerprint density at radius 3 is 2.48 bits per heavy atom. The molecule has 0 fully saturated rings. The minimum atomic E-state index is -3.77. The van der Waals surface area contributed by atoms with Crippen LogP contribution < -0.4 is 10.0 Å². The van der Waals surface area contributed by atoms with Crippen molar-refractivity contribution in [3.8, 4) is 0 Å². The molecule has 0 aliphatic heterocycles. The topological polar surface area (TPSA) is 88.2 Å². The Morgan fingerprint density at radius 1 is 1.04 bits per heavy atom. The highest BCUT2D eigenvalue weighted by Crippen LogP contribution is 2.23. The number of hydrogen-bond donors (Lipinski definition) is 2. The molecule has 0 bridgehead atoms. The van der Waals surface area contributed by atoms with Gasteiger partial charge in [0.15, 0.2) is 0 Å². The summed E-state index contributed by atoms with van der Waals surface area (Å²) in [5, 5.41) is 3.30. The summed E-state index contributed by atoms with van der Waals surface area (Å²) < 4.78 is 28.0. The Morgan fingerprint density at radius 2 is 1.76 bits per heavy atom. The lowest BCUT2D eigenvalue weighted by atomic mass is 10.1. The van der Waals surface area contributed by atoms with E-state index in [-0.39, 0.29) is 17.2 Å². The van der Waals surface area contributed by atoms with E-state index in [1.807, 2.05) is 12.1 Å². The minimum Gasteiger partial charge on any atom is -0.359 e. The number of amides is 1. The van der Waals surface area contributed by atoms with Gasteiger partial charge in [0.1, 0.15) is 4.90 Å². The molecule has 6 nitrogen and oxygen atoms in total. The molecule has 0 aliphatic carbocycles. The third-order valence-corrected chi connectivity index (χ3v) is 5.15. The first-order valence-electron chi connectivity index (χ1n) is 7.66. The Balaban J connectivity index is 1.87. The minimum absolute atomic E-state index is 0.102. The molecule has 0 aliphatic rings. The van der Waals surface area contributed by atoms with Gasteiger partial charge in [-0.05, 0) is 29.8 Å². The number of nitrogens with one attached hydrogen (secondary N) is 2. The molecule has 3 rings (SSSR count). The van der Waals surface area contributed by atoms with E-state index in [1.165, 1.54) is 6.07 Å². The summed E-state index contributed by atoms with van der Waals surface area (Å²) >= 11 is 0. The highest BCUT2D eigenvalue weighted by molar-refractivity contribution is 7.93. The fourth-order valence-electron chi connectivity index (χ4n) is 2.47. The largest absolute Gasteiger partial charge is 0.359 e. The van der Waals surface area contributed by atoms with Crippen LogP contribution in [0, 0.1) is 0 Å². The molecule has 0 saturated heterocycles. The van der Waals surface area contributed by atoms with Crippen LogP contribution >= 0.6 is 0 Å². The van der Waals surface area contributed by atoms with Crippen molar-refractivity contribution in [3.63, 3.8) is 0 Å². The van der Waals surface area contributed by atoms with Crippen LogP contribution in [0.3, 0.4) is 0 Å². The summed E-state index contributed by atoms with van der Waals surface area (Å²) in [5.74, 6) is -0.102. The zero-order chi connectivity index (χ0) is 17.9. The number of hydrogen-bond acceptors (Lipinski definition) is 4. The smallest absolute Gasteiger partial charge is 0.264 e. The summed E-state index contributed by atoms with van der Waals surface area (Å²) in [5.41, 5.74) is 1.65. The van der Waals surface area contributed by atoms with Crippen LogP contribution in [0.1, 0.15) is 5.56 Å². The quantitative estimate of drug-likeness (QED) is 0.735. The SMILES string of the molecule is CNC(=O)Cc1ccc(NS(=O)(=O)c2cccc3cccnc23)cc1. The predicted molar refractivity (Wildman–Crippen MR) is 96.8 cm³/mol. The maximum Gasteiger partial charge on any atom is 0.264 e. The van der Waals surface area contributed by atoms with Crippen molar-refractivity contribution < 1.29 is 13.2 Å². The Hall–Kier alpha value is -2.93. The van der Waals surface area contributed by atoms with Crippen molar-refractivity contribution >= 4 is 32.5 Å². The Labute approximate surface area is 146 Å². The van der Waals surface area contributed by atoms with Gasteiger partial charge in [0.2, 0.25) is 5.91 Å². The van der Waals surface area contributed by atoms with E-state index in [2.05, 4.69) is 15.0 Å². The summed E-state index contributed by atoms with van der Waals surface area (Å²) in [4.78, 5) is 15.7. The lowest BCUT2D eigenvalue weighted by Gasteiger charge is -2.10. The molecule has 128 valence electrons. The number of fused-ring (bicyclic) bond motifs is 1. The molecular weight excluding hydrogens is 338 g/mol. The number of likely N-dealkylation sites (N-methyl/N-ethyl adjacent to an activating group) is 1. The van der Waals surface area contributed by atoms with Crippen LogP contribution in [0.5, 0.6) is 0 Å². The number of rotatable bonds is 5. The van der Waals surface area contributed by atoms with Gasteiger partial charge in [-0.1, -0.05) is 30.3 Å². The second-order valence-corrected chi connectivity index (χ2v) is 7.13. The monoisotopic (exact) mass is 355 g/mol. The molecule has 1 aromatic heterocycles. The van der Waals surface area contributed by atoms with Crippen molar-refractivity contribution in [1.82, 2.24) is 10.3 Å². The number of carbonyl (C=O) groups excluding carboxylic acids is 1. The highest BCUT2D eigenvalue weighted by atomic mass is 32.2. The maximum atomic E-state index is 12.7. The molecular formula is C18H17N3O3S. The van der Waals surface area contributed by atoms with Gasteiger partial charge in [0.25, 0.3) is 10.0 Å². The van der Waals surface area contributed by atoms with Gasteiger partial charge in [-0.25, -0.2) is 8.42 Å². The van der Waals surface area contributed by atoms with Crippen LogP contribution in [0.2, 0.25) is 0 Å². The highest BCUT2D eigenvalue weighted by Gasteiger charge is 2.18. The number of aromatic nitrogens is 1. The number of para-hydroxylation sites is 1. The molecule has 0 unspecified atom stereocenters. The molecule has 2 aromatic carbocycles. The van der Waals surface area contributed by atoms with E-state index in [0.29, 0.717) is 11.2 Å².